The predicted molar refractivity (Wildman–Crippen MR) is 69.5 cm³/mol. The highest BCUT2D eigenvalue weighted by atomic mass is 79.9. The van der Waals surface area contributed by atoms with Crippen LogP contribution < -0.4 is 4.72 Å². The molecule has 0 amide bonds. The number of rotatable bonds is 3. The second-order valence-corrected chi connectivity index (χ2v) is 7.26. The zero-order valence-corrected chi connectivity index (χ0v) is 12.0. The van der Waals surface area contributed by atoms with Crippen molar-refractivity contribution in [3.8, 4) is 0 Å². The van der Waals surface area contributed by atoms with Gasteiger partial charge < -0.3 is 0 Å². The quantitative estimate of drug-likeness (QED) is 0.861. The van der Waals surface area contributed by atoms with Gasteiger partial charge in [-0.2, -0.15) is 0 Å². The highest BCUT2D eigenvalue weighted by Gasteiger charge is 2.28. The van der Waals surface area contributed by atoms with E-state index in [1.54, 1.807) is 0 Å². The van der Waals surface area contributed by atoms with Crippen LogP contribution in [0.5, 0.6) is 0 Å². The Morgan fingerprint density at radius 2 is 2.06 bits per heavy atom. The molecular weight excluding hydrogens is 323 g/mol. The smallest absolute Gasteiger partial charge is 0.242 e. The minimum atomic E-state index is -3.70. The van der Waals surface area contributed by atoms with Crippen LogP contribution in [0.3, 0.4) is 0 Å². The molecule has 2 atom stereocenters. The van der Waals surface area contributed by atoms with Crippen molar-refractivity contribution in [2.24, 2.45) is 0 Å². The van der Waals surface area contributed by atoms with E-state index in [-0.39, 0.29) is 15.8 Å². The molecule has 18 heavy (non-hydrogen) atoms. The molecule has 4 nitrogen and oxygen atoms in total. The van der Waals surface area contributed by atoms with Crippen molar-refractivity contribution in [3.63, 3.8) is 0 Å². The summed E-state index contributed by atoms with van der Waals surface area (Å²) in [5, 5.41) is 0. The summed E-state index contributed by atoms with van der Waals surface area (Å²) in [4.78, 5) is 3.55. The zero-order chi connectivity index (χ0) is 13.2. The monoisotopic (exact) mass is 336 g/mol. The third-order valence-corrected chi connectivity index (χ3v) is 5.53. The number of hydrogen-bond donors (Lipinski definition) is 1. The van der Waals surface area contributed by atoms with Crippen molar-refractivity contribution in [3.05, 3.63) is 24.3 Å². The molecule has 0 aliphatic heterocycles. The summed E-state index contributed by atoms with van der Waals surface area (Å²) >= 11 is 3.48. The lowest BCUT2D eigenvalue weighted by Gasteiger charge is -2.27. The summed E-state index contributed by atoms with van der Waals surface area (Å²) in [6.07, 6.45) is 5.95. The van der Waals surface area contributed by atoms with Gasteiger partial charge in [0.2, 0.25) is 10.0 Å². The van der Waals surface area contributed by atoms with E-state index in [1.807, 2.05) is 0 Å². The van der Waals surface area contributed by atoms with Crippen molar-refractivity contribution in [1.82, 2.24) is 9.71 Å². The van der Waals surface area contributed by atoms with Crippen molar-refractivity contribution in [2.75, 3.05) is 0 Å². The van der Waals surface area contributed by atoms with Crippen LogP contribution in [0, 0.1) is 5.82 Å². The molecular formula is C11H14BrFN2O2S. The Balaban J connectivity index is 2.16. The number of sulfonamides is 1. The summed E-state index contributed by atoms with van der Waals surface area (Å²) in [6.45, 7) is 0. The van der Waals surface area contributed by atoms with E-state index < -0.39 is 15.8 Å². The second kappa shape index (κ2) is 5.63. The van der Waals surface area contributed by atoms with Crippen LogP contribution in [-0.4, -0.2) is 24.3 Å². The maximum Gasteiger partial charge on any atom is 0.242 e. The summed E-state index contributed by atoms with van der Waals surface area (Å²) in [5.74, 6) is -0.656. The summed E-state index contributed by atoms with van der Waals surface area (Å²) < 4.78 is 39.7. The maximum absolute atomic E-state index is 13.0. The van der Waals surface area contributed by atoms with Crippen molar-refractivity contribution in [2.45, 2.75) is 41.4 Å². The zero-order valence-electron chi connectivity index (χ0n) is 9.64. The van der Waals surface area contributed by atoms with E-state index in [0.717, 1.165) is 44.1 Å². The van der Waals surface area contributed by atoms with E-state index in [2.05, 4.69) is 25.6 Å². The van der Waals surface area contributed by atoms with E-state index >= 15 is 0 Å². The van der Waals surface area contributed by atoms with Gasteiger partial charge in [-0.15, -0.1) is 0 Å². The lowest BCUT2D eigenvalue weighted by atomic mass is 9.96. The van der Waals surface area contributed by atoms with E-state index in [0.29, 0.717) is 0 Å². The van der Waals surface area contributed by atoms with Gasteiger partial charge in [0.15, 0.2) is 0 Å². The molecule has 1 aromatic heterocycles. The van der Waals surface area contributed by atoms with Crippen LogP contribution in [0.2, 0.25) is 0 Å². The van der Waals surface area contributed by atoms with Crippen LogP contribution in [0.4, 0.5) is 4.39 Å². The van der Waals surface area contributed by atoms with Crippen LogP contribution in [0.15, 0.2) is 23.4 Å². The van der Waals surface area contributed by atoms with Crippen molar-refractivity contribution in [1.29, 1.82) is 0 Å². The fraction of sp³-hybridized carbons (Fsp3) is 0.545. The second-order valence-electron chi connectivity index (χ2n) is 4.37. The Kier molecular flexibility index (Phi) is 4.34. The van der Waals surface area contributed by atoms with Crippen molar-refractivity contribution < 1.29 is 12.8 Å². The molecule has 0 spiro atoms. The molecule has 1 fully saturated rings. The number of pyridine rings is 1. The largest absolute Gasteiger partial charge is 0.260 e. The SMILES string of the molecule is O=S(=O)(NC1CCCCC1Br)c1cncc(F)c1. The van der Waals surface area contributed by atoms with Gasteiger partial charge in [0.25, 0.3) is 0 Å². The fourth-order valence-electron chi connectivity index (χ4n) is 2.03. The third-order valence-electron chi connectivity index (χ3n) is 2.98. The highest BCUT2D eigenvalue weighted by Crippen LogP contribution is 2.25. The average molecular weight is 337 g/mol. The van der Waals surface area contributed by atoms with Gasteiger partial charge in [-0.1, -0.05) is 28.8 Å². The third kappa shape index (κ3) is 3.27. The molecule has 2 rings (SSSR count). The Bertz CT molecular complexity index is 524. The lowest BCUT2D eigenvalue weighted by Crippen LogP contribution is -2.42. The number of hydrogen-bond acceptors (Lipinski definition) is 3. The first-order valence-electron chi connectivity index (χ1n) is 5.76. The van der Waals surface area contributed by atoms with Gasteiger partial charge in [0.1, 0.15) is 10.7 Å². The Hall–Kier alpha value is -0.530. The molecule has 1 saturated carbocycles. The topological polar surface area (TPSA) is 59.1 Å². The molecule has 1 aliphatic rings. The molecule has 2 unspecified atom stereocenters. The van der Waals surface area contributed by atoms with Gasteiger partial charge >= 0.3 is 0 Å². The average Bonchev–Trinajstić information content (AvgIpc) is 2.32. The Morgan fingerprint density at radius 1 is 1.33 bits per heavy atom. The van der Waals surface area contributed by atoms with Crippen molar-refractivity contribution >= 4 is 26.0 Å². The molecule has 1 heterocycles. The molecule has 1 aromatic rings. The Morgan fingerprint density at radius 3 is 2.72 bits per heavy atom. The van der Waals surface area contributed by atoms with Gasteiger partial charge in [-0.05, 0) is 18.9 Å². The normalized spacial score (nSPS) is 25.0. The first-order chi connectivity index (χ1) is 8.49. The van der Waals surface area contributed by atoms with Gasteiger partial charge in [-0.25, -0.2) is 17.5 Å². The summed E-state index contributed by atoms with van der Waals surface area (Å²) in [6, 6.07) is 0.827. The first kappa shape index (κ1) is 13.9. The lowest BCUT2D eigenvalue weighted by molar-refractivity contribution is 0.427. The van der Waals surface area contributed by atoms with Crippen LogP contribution in [-0.2, 0) is 10.0 Å². The molecule has 0 bridgehead atoms. The number of halogens is 2. The number of alkyl halides is 1. The maximum atomic E-state index is 13.0. The van der Waals surface area contributed by atoms with E-state index in [4.69, 9.17) is 0 Å². The molecule has 7 heteroatoms. The number of aromatic nitrogens is 1. The molecule has 0 radical (unpaired) electrons. The van der Waals surface area contributed by atoms with Gasteiger partial charge in [0, 0.05) is 17.1 Å². The predicted octanol–water partition coefficient (Wildman–Crippen LogP) is 2.21. The van der Waals surface area contributed by atoms with Crippen LogP contribution >= 0.6 is 15.9 Å². The van der Waals surface area contributed by atoms with Gasteiger partial charge in [0.05, 0.1) is 6.20 Å². The van der Waals surface area contributed by atoms with E-state index in [1.165, 1.54) is 0 Å². The van der Waals surface area contributed by atoms with Crippen LogP contribution in [0.1, 0.15) is 25.7 Å². The number of nitrogens with one attached hydrogen (secondary N) is 1. The van der Waals surface area contributed by atoms with Gasteiger partial charge in [-0.3, -0.25) is 4.98 Å². The molecule has 0 saturated heterocycles. The fourth-order valence-corrected chi connectivity index (χ4v) is 4.20. The Labute approximate surface area is 114 Å². The molecule has 0 aromatic carbocycles. The highest BCUT2D eigenvalue weighted by molar-refractivity contribution is 9.09. The summed E-state index contributed by atoms with van der Waals surface area (Å²) in [5.41, 5.74) is 0. The standard InChI is InChI=1S/C11H14BrFN2O2S/c12-10-3-1-2-4-11(10)15-18(16,17)9-5-8(13)6-14-7-9/h5-7,10-11,15H,1-4H2. The first-order valence-corrected chi connectivity index (χ1v) is 8.16. The summed E-state index contributed by atoms with van der Waals surface area (Å²) in [7, 11) is -3.70. The molecule has 1 aliphatic carbocycles. The minimum absolute atomic E-state index is 0.127. The molecule has 1 N–H and O–H groups in total. The van der Waals surface area contributed by atoms with Crippen LogP contribution in [0.25, 0.3) is 0 Å². The van der Waals surface area contributed by atoms with E-state index in [9.17, 15) is 12.8 Å². The minimum Gasteiger partial charge on any atom is -0.260 e. The number of nitrogens with zero attached hydrogens (tertiary/aromatic N) is 1. The molecule has 100 valence electrons.